The highest BCUT2D eigenvalue weighted by molar-refractivity contribution is 5.91. The summed E-state index contributed by atoms with van der Waals surface area (Å²) in [5.74, 6) is -3.98. The van der Waals surface area contributed by atoms with Gasteiger partial charge in [0.15, 0.2) is 5.78 Å². The van der Waals surface area contributed by atoms with Crippen LogP contribution in [0.5, 0.6) is 0 Å². The number of ketones is 1. The second-order valence-corrected chi connectivity index (χ2v) is 9.93. The third-order valence-corrected chi connectivity index (χ3v) is 7.00. The zero-order chi connectivity index (χ0) is 29.2. The molecule has 3 aromatic carbocycles. The summed E-state index contributed by atoms with van der Waals surface area (Å²) < 4.78 is 5.52. The van der Waals surface area contributed by atoms with Crippen LogP contribution in [0.1, 0.15) is 41.9 Å². The van der Waals surface area contributed by atoms with Gasteiger partial charge in [0, 0.05) is 24.7 Å². The number of carbonyl (C=O) groups is 5. The van der Waals surface area contributed by atoms with Crippen molar-refractivity contribution in [2.24, 2.45) is 5.92 Å². The van der Waals surface area contributed by atoms with E-state index in [9.17, 15) is 24.0 Å². The van der Waals surface area contributed by atoms with E-state index >= 15 is 0 Å². The molecule has 2 amide bonds. The predicted molar refractivity (Wildman–Crippen MR) is 151 cm³/mol. The maximum Gasteiger partial charge on any atom is 0.322 e. The van der Waals surface area contributed by atoms with Gasteiger partial charge in [0.2, 0.25) is 11.8 Å². The number of amides is 2. The van der Waals surface area contributed by atoms with Crippen LogP contribution in [-0.2, 0) is 35.1 Å². The average molecular weight is 557 g/mol. The number of fused-ring (bicyclic) bond motifs is 3. The van der Waals surface area contributed by atoms with Crippen molar-refractivity contribution in [3.63, 3.8) is 0 Å². The third kappa shape index (κ3) is 8.11. The van der Waals surface area contributed by atoms with Gasteiger partial charge in [-0.25, -0.2) is 0 Å². The summed E-state index contributed by atoms with van der Waals surface area (Å²) in [6.45, 7) is -0.689. The van der Waals surface area contributed by atoms with Crippen LogP contribution in [-0.4, -0.2) is 54.3 Å². The second kappa shape index (κ2) is 14.0. The number of nitrogens with one attached hydrogen (secondary N) is 2. The number of ether oxygens (including phenoxy) is 1. The van der Waals surface area contributed by atoms with Gasteiger partial charge in [-0.15, -0.1) is 0 Å². The topological polar surface area (TPSA) is 139 Å². The minimum absolute atomic E-state index is 0.0747. The van der Waals surface area contributed by atoms with Crippen LogP contribution in [0.3, 0.4) is 0 Å². The molecule has 0 bridgehead atoms. The summed E-state index contributed by atoms with van der Waals surface area (Å²) >= 11 is 0. The van der Waals surface area contributed by atoms with Gasteiger partial charge >= 0.3 is 11.9 Å². The fourth-order valence-corrected chi connectivity index (χ4v) is 5.00. The van der Waals surface area contributed by atoms with Crippen molar-refractivity contribution >= 4 is 29.5 Å². The molecule has 9 nitrogen and oxygen atoms in total. The highest BCUT2D eigenvalue weighted by Crippen LogP contribution is 2.44. The lowest BCUT2D eigenvalue weighted by atomic mass is 9.93. The summed E-state index contributed by atoms with van der Waals surface area (Å²) in [4.78, 5) is 60.7. The number of carboxylic acid groups (broad SMARTS) is 1. The van der Waals surface area contributed by atoms with Crippen LogP contribution >= 0.6 is 0 Å². The monoisotopic (exact) mass is 556 g/mol. The van der Waals surface area contributed by atoms with Crippen LogP contribution in [0.25, 0.3) is 11.1 Å². The quantitative estimate of drug-likeness (QED) is 0.259. The Labute approximate surface area is 237 Å². The van der Waals surface area contributed by atoms with Gasteiger partial charge in [0.1, 0.15) is 13.2 Å². The maximum atomic E-state index is 12.6. The molecule has 0 aromatic heterocycles. The van der Waals surface area contributed by atoms with E-state index in [1.165, 1.54) is 0 Å². The third-order valence-electron chi connectivity index (χ3n) is 7.00. The lowest BCUT2D eigenvalue weighted by Crippen LogP contribution is -2.38. The number of carbonyl (C=O) groups excluding carboxylic acids is 4. The van der Waals surface area contributed by atoms with Crippen LogP contribution < -0.4 is 10.6 Å². The molecule has 1 aliphatic rings. The smallest absolute Gasteiger partial charge is 0.322 e. The molecule has 0 saturated carbocycles. The molecule has 4 rings (SSSR count). The zero-order valence-corrected chi connectivity index (χ0v) is 22.5. The number of benzene rings is 3. The first kappa shape index (κ1) is 29.2. The van der Waals surface area contributed by atoms with Crippen LogP contribution in [0.2, 0.25) is 0 Å². The average Bonchev–Trinajstić information content (AvgIpc) is 3.30. The number of Topliss-reactive ketones (excluding diaryl/α,β-unsaturated/α-hetero) is 1. The van der Waals surface area contributed by atoms with Crippen molar-refractivity contribution in [1.29, 1.82) is 0 Å². The highest BCUT2D eigenvalue weighted by atomic mass is 16.5. The summed E-state index contributed by atoms with van der Waals surface area (Å²) in [6, 6.07) is 25.1. The molecular formula is C32H32N2O7. The minimum Gasteiger partial charge on any atom is -0.480 e. The Morgan fingerprint density at radius 1 is 0.756 bits per heavy atom. The standard InChI is InChI=1S/C32H32N2O7/c35-23(17-22(32(40)34-19-30(37)38)16-21-8-2-1-3-9-21)18-33-29(36)14-15-31(39)41-20-28-26-12-6-4-10-24(26)25-11-5-7-13-27(25)28/h1-13,22,28H,14-20H2,(H,33,36)(H,34,40)(H,37,38)/t22-/m1/s1. The molecule has 1 aliphatic carbocycles. The molecular weight excluding hydrogens is 524 g/mol. The Bertz CT molecular complexity index is 1370. The second-order valence-electron chi connectivity index (χ2n) is 9.93. The van der Waals surface area contributed by atoms with Crippen LogP contribution in [0.4, 0.5) is 0 Å². The molecule has 0 heterocycles. The van der Waals surface area contributed by atoms with Crippen molar-refractivity contribution in [1.82, 2.24) is 10.6 Å². The highest BCUT2D eigenvalue weighted by Gasteiger charge is 2.29. The van der Waals surface area contributed by atoms with Crippen molar-refractivity contribution < 1.29 is 33.8 Å². The van der Waals surface area contributed by atoms with Crippen molar-refractivity contribution in [2.45, 2.75) is 31.6 Å². The lowest BCUT2D eigenvalue weighted by molar-refractivity contribution is -0.145. The molecule has 1 atom stereocenters. The molecule has 0 saturated heterocycles. The molecule has 0 aliphatic heterocycles. The van der Waals surface area contributed by atoms with E-state index in [4.69, 9.17) is 9.84 Å². The molecule has 41 heavy (non-hydrogen) atoms. The van der Waals surface area contributed by atoms with Crippen molar-refractivity contribution in [3.05, 3.63) is 95.6 Å². The lowest BCUT2D eigenvalue weighted by Gasteiger charge is -2.16. The summed E-state index contributed by atoms with van der Waals surface area (Å²) in [7, 11) is 0. The molecule has 0 unspecified atom stereocenters. The number of hydrogen-bond acceptors (Lipinski definition) is 6. The summed E-state index contributed by atoms with van der Waals surface area (Å²) in [5, 5.41) is 13.7. The van der Waals surface area contributed by atoms with E-state index in [-0.39, 0.29) is 50.5 Å². The Morgan fingerprint density at radius 2 is 1.37 bits per heavy atom. The first-order valence-corrected chi connectivity index (χ1v) is 13.5. The first-order valence-electron chi connectivity index (χ1n) is 13.5. The molecule has 9 heteroatoms. The maximum absolute atomic E-state index is 12.6. The largest absolute Gasteiger partial charge is 0.480 e. The Balaban J connectivity index is 1.22. The van der Waals surface area contributed by atoms with Crippen molar-refractivity contribution in [3.8, 4) is 11.1 Å². The summed E-state index contributed by atoms with van der Waals surface area (Å²) in [5.41, 5.74) is 5.26. The van der Waals surface area contributed by atoms with Gasteiger partial charge in [-0.3, -0.25) is 24.0 Å². The Morgan fingerprint density at radius 3 is 2.00 bits per heavy atom. The number of carboxylic acids is 1. The molecule has 0 spiro atoms. The molecule has 3 aromatic rings. The molecule has 0 radical (unpaired) electrons. The first-order chi connectivity index (χ1) is 19.8. The van der Waals surface area contributed by atoms with E-state index in [0.717, 1.165) is 27.8 Å². The summed E-state index contributed by atoms with van der Waals surface area (Å²) in [6.07, 6.45) is -0.207. The van der Waals surface area contributed by atoms with E-state index in [1.807, 2.05) is 66.7 Å². The minimum atomic E-state index is -1.19. The zero-order valence-electron chi connectivity index (χ0n) is 22.5. The number of rotatable bonds is 14. The number of esters is 1. The van der Waals surface area contributed by atoms with Crippen LogP contribution in [0.15, 0.2) is 78.9 Å². The fourth-order valence-electron chi connectivity index (χ4n) is 5.00. The fraction of sp³-hybridized carbons (Fsp3) is 0.281. The van der Waals surface area contributed by atoms with Crippen molar-refractivity contribution in [2.75, 3.05) is 19.7 Å². The van der Waals surface area contributed by atoms with E-state index in [1.54, 1.807) is 12.1 Å². The van der Waals surface area contributed by atoms with Gasteiger partial charge in [0.25, 0.3) is 0 Å². The predicted octanol–water partition coefficient (Wildman–Crippen LogP) is 3.26. The molecule has 3 N–H and O–H groups in total. The van der Waals surface area contributed by atoms with E-state index < -0.39 is 36.2 Å². The van der Waals surface area contributed by atoms with Crippen LogP contribution in [0, 0.1) is 5.92 Å². The normalized spacial score (nSPS) is 12.5. The SMILES string of the molecule is O=C(O)CNC(=O)[C@@H](CC(=O)CNC(=O)CCC(=O)OCC1c2ccccc2-c2ccccc21)Cc1ccccc1. The number of aliphatic carboxylic acids is 1. The molecule has 212 valence electrons. The van der Waals surface area contributed by atoms with Gasteiger partial charge in [-0.1, -0.05) is 78.9 Å². The van der Waals surface area contributed by atoms with Gasteiger partial charge in [-0.2, -0.15) is 0 Å². The van der Waals surface area contributed by atoms with Gasteiger partial charge < -0.3 is 20.5 Å². The number of hydrogen-bond donors (Lipinski definition) is 3. The van der Waals surface area contributed by atoms with E-state index in [2.05, 4.69) is 10.6 Å². The Kier molecular flexibility index (Phi) is 9.99. The molecule has 0 fully saturated rings. The van der Waals surface area contributed by atoms with Gasteiger partial charge in [0.05, 0.1) is 13.0 Å². The van der Waals surface area contributed by atoms with Gasteiger partial charge in [-0.05, 0) is 34.2 Å². The Hall–Kier alpha value is -4.79. The van der Waals surface area contributed by atoms with E-state index in [0.29, 0.717) is 0 Å².